The molecular weight excluding hydrogens is 380 g/mol. The highest BCUT2D eigenvalue weighted by molar-refractivity contribution is 6.01. The second-order valence-corrected chi connectivity index (χ2v) is 6.87. The summed E-state index contributed by atoms with van der Waals surface area (Å²) in [6.45, 7) is -0.545. The Morgan fingerprint density at radius 2 is 1.96 bits per heavy atom. The van der Waals surface area contributed by atoms with Gasteiger partial charge in [-0.2, -0.15) is 13.2 Å². The molecular formula is C18H14F4N4O2. The largest absolute Gasteiger partial charge is 0.416 e. The Morgan fingerprint density at radius 3 is 2.57 bits per heavy atom. The molecule has 1 unspecified atom stereocenters. The molecule has 2 aliphatic rings. The molecule has 0 bridgehead atoms. The summed E-state index contributed by atoms with van der Waals surface area (Å²) in [7, 11) is 0. The van der Waals surface area contributed by atoms with E-state index >= 15 is 0 Å². The molecule has 2 aromatic rings. The molecule has 1 spiro atoms. The molecule has 1 saturated carbocycles. The van der Waals surface area contributed by atoms with Crippen LogP contribution in [0.4, 0.5) is 23.5 Å². The second-order valence-electron chi connectivity index (χ2n) is 6.87. The number of aromatic nitrogens is 2. The van der Waals surface area contributed by atoms with Gasteiger partial charge in [-0.1, -0.05) is 0 Å². The van der Waals surface area contributed by atoms with Crippen LogP contribution in [0.1, 0.15) is 27.9 Å². The van der Waals surface area contributed by atoms with Crippen LogP contribution >= 0.6 is 0 Å². The molecule has 4 rings (SSSR count). The summed E-state index contributed by atoms with van der Waals surface area (Å²) in [6, 6.07) is 4.26. The van der Waals surface area contributed by atoms with Crippen LogP contribution in [0.15, 0.2) is 36.7 Å². The number of nitrogens with one attached hydrogen (secondary N) is 1. The number of hydrogen-bond acceptors (Lipinski definition) is 4. The molecule has 146 valence electrons. The lowest BCUT2D eigenvalue weighted by atomic mass is 9.85. The molecule has 0 saturated heterocycles. The van der Waals surface area contributed by atoms with Crippen molar-refractivity contribution in [2.24, 2.45) is 0 Å². The SMILES string of the molecule is O=C(CN1C[C@@]2(CC2F)c2cc(C(F)(F)F)ccc2C1=O)Nc1ncccn1. The normalized spacial score (nSPS) is 23.5. The maximum Gasteiger partial charge on any atom is 0.416 e. The predicted octanol–water partition coefficient (Wildman–Crippen LogP) is 2.57. The van der Waals surface area contributed by atoms with Crippen molar-refractivity contribution in [1.82, 2.24) is 14.9 Å². The van der Waals surface area contributed by atoms with Crippen molar-refractivity contribution >= 4 is 17.8 Å². The average Bonchev–Trinajstić information content (AvgIpc) is 3.29. The number of alkyl halides is 4. The lowest BCUT2D eigenvalue weighted by molar-refractivity contribution is -0.137. The number of carbonyl (C=O) groups is 2. The number of benzene rings is 1. The zero-order valence-corrected chi connectivity index (χ0v) is 14.3. The lowest BCUT2D eigenvalue weighted by Crippen LogP contribution is -2.47. The van der Waals surface area contributed by atoms with Gasteiger partial charge in [-0.05, 0) is 36.2 Å². The van der Waals surface area contributed by atoms with E-state index in [1.807, 2.05) is 0 Å². The molecule has 1 aromatic heterocycles. The van der Waals surface area contributed by atoms with Crippen molar-refractivity contribution in [3.63, 3.8) is 0 Å². The molecule has 0 radical (unpaired) electrons. The number of amides is 2. The Bertz CT molecular complexity index is 950. The van der Waals surface area contributed by atoms with E-state index in [0.717, 1.165) is 23.1 Å². The fourth-order valence-electron chi connectivity index (χ4n) is 3.52. The fraction of sp³-hybridized carbons (Fsp3) is 0.333. The minimum absolute atomic E-state index is 0.00844. The minimum Gasteiger partial charge on any atom is -0.328 e. The second kappa shape index (κ2) is 6.25. The van der Waals surface area contributed by atoms with Gasteiger partial charge in [0.15, 0.2) is 0 Å². The van der Waals surface area contributed by atoms with Gasteiger partial charge in [-0.25, -0.2) is 14.4 Å². The van der Waals surface area contributed by atoms with Gasteiger partial charge in [-0.15, -0.1) is 0 Å². The first-order valence-corrected chi connectivity index (χ1v) is 8.43. The smallest absolute Gasteiger partial charge is 0.328 e. The van der Waals surface area contributed by atoms with Crippen LogP contribution in [-0.2, 0) is 16.4 Å². The van der Waals surface area contributed by atoms with Gasteiger partial charge < -0.3 is 4.90 Å². The van der Waals surface area contributed by atoms with Crippen molar-refractivity contribution in [3.8, 4) is 0 Å². The Labute approximate surface area is 156 Å². The monoisotopic (exact) mass is 394 g/mol. The van der Waals surface area contributed by atoms with Crippen LogP contribution in [0, 0.1) is 0 Å². The first-order chi connectivity index (χ1) is 13.2. The fourth-order valence-corrected chi connectivity index (χ4v) is 3.52. The molecule has 1 fully saturated rings. The topological polar surface area (TPSA) is 75.2 Å². The highest BCUT2D eigenvalue weighted by Crippen LogP contribution is 2.55. The van der Waals surface area contributed by atoms with Crippen LogP contribution < -0.4 is 5.32 Å². The average molecular weight is 394 g/mol. The summed E-state index contributed by atoms with van der Waals surface area (Å²) in [4.78, 5) is 33.7. The van der Waals surface area contributed by atoms with Crippen molar-refractivity contribution < 1.29 is 27.2 Å². The van der Waals surface area contributed by atoms with E-state index in [1.54, 1.807) is 6.07 Å². The highest BCUT2D eigenvalue weighted by Gasteiger charge is 2.61. The van der Waals surface area contributed by atoms with E-state index in [-0.39, 0.29) is 36.6 Å². The number of hydrogen-bond donors (Lipinski definition) is 1. The Balaban J connectivity index is 1.60. The maximum atomic E-state index is 14.2. The summed E-state index contributed by atoms with van der Waals surface area (Å²) in [5.74, 6) is -1.14. The van der Waals surface area contributed by atoms with Gasteiger partial charge in [0, 0.05) is 29.9 Å². The molecule has 2 atom stereocenters. The van der Waals surface area contributed by atoms with E-state index in [1.165, 1.54) is 12.4 Å². The van der Waals surface area contributed by atoms with Crippen LogP contribution in [0.25, 0.3) is 0 Å². The Morgan fingerprint density at radius 1 is 1.29 bits per heavy atom. The number of carbonyl (C=O) groups excluding carboxylic acids is 2. The zero-order valence-electron chi connectivity index (χ0n) is 14.3. The summed E-state index contributed by atoms with van der Waals surface area (Å²) in [5.41, 5.74) is -2.08. The molecule has 28 heavy (non-hydrogen) atoms. The summed E-state index contributed by atoms with van der Waals surface area (Å²) in [6.07, 6.45) is -3.10. The van der Waals surface area contributed by atoms with Crippen LogP contribution in [0.5, 0.6) is 0 Å². The maximum absolute atomic E-state index is 14.2. The number of halogens is 4. The number of nitrogens with zero attached hydrogens (tertiary/aromatic N) is 3. The van der Waals surface area contributed by atoms with Gasteiger partial charge in [0.1, 0.15) is 12.7 Å². The van der Waals surface area contributed by atoms with Gasteiger partial charge in [0.05, 0.1) is 5.56 Å². The quantitative estimate of drug-likeness (QED) is 0.812. The lowest BCUT2D eigenvalue weighted by Gasteiger charge is -2.34. The first kappa shape index (κ1) is 18.3. The molecule has 1 aliphatic heterocycles. The number of fused-ring (bicyclic) bond motifs is 2. The number of rotatable bonds is 3. The van der Waals surface area contributed by atoms with Crippen molar-refractivity contribution in [3.05, 3.63) is 53.3 Å². The number of anilines is 1. The molecule has 2 heterocycles. The third-order valence-corrected chi connectivity index (χ3v) is 5.01. The van der Waals surface area contributed by atoms with Gasteiger partial charge in [-0.3, -0.25) is 14.9 Å². The molecule has 2 amide bonds. The summed E-state index contributed by atoms with van der Waals surface area (Å²) in [5, 5.41) is 2.42. The van der Waals surface area contributed by atoms with E-state index < -0.39 is 35.1 Å². The molecule has 10 heteroatoms. The van der Waals surface area contributed by atoms with E-state index in [2.05, 4.69) is 15.3 Å². The molecule has 6 nitrogen and oxygen atoms in total. The third-order valence-electron chi connectivity index (χ3n) is 5.01. The van der Waals surface area contributed by atoms with Crippen LogP contribution in [0.3, 0.4) is 0 Å². The predicted molar refractivity (Wildman–Crippen MR) is 89.2 cm³/mol. The Kier molecular flexibility index (Phi) is 4.09. The van der Waals surface area contributed by atoms with E-state index in [4.69, 9.17) is 0 Å². The van der Waals surface area contributed by atoms with Crippen LogP contribution in [0.2, 0.25) is 0 Å². The van der Waals surface area contributed by atoms with Gasteiger partial charge in [0.2, 0.25) is 11.9 Å². The molecule has 1 N–H and O–H groups in total. The van der Waals surface area contributed by atoms with Gasteiger partial charge >= 0.3 is 6.18 Å². The van der Waals surface area contributed by atoms with E-state index in [0.29, 0.717) is 0 Å². The summed E-state index contributed by atoms with van der Waals surface area (Å²) < 4.78 is 53.3. The standard InChI is InChI=1S/C18H14F4N4O2/c19-13-7-17(13)9-26(8-14(27)25-16-23-4-1-5-24-16)15(28)11-3-2-10(6-12(11)17)18(20,21)22/h1-6,13H,7-9H2,(H,23,24,25,27)/t13?,17-/m0/s1. The van der Waals surface area contributed by atoms with Crippen molar-refractivity contribution in [1.29, 1.82) is 0 Å². The molecule has 1 aromatic carbocycles. The molecule has 1 aliphatic carbocycles. The first-order valence-electron chi connectivity index (χ1n) is 8.43. The van der Waals surface area contributed by atoms with Gasteiger partial charge in [0.25, 0.3) is 5.91 Å². The summed E-state index contributed by atoms with van der Waals surface area (Å²) >= 11 is 0. The van der Waals surface area contributed by atoms with Crippen LogP contribution in [-0.4, -0.2) is 45.9 Å². The third kappa shape index (κ3) is 3.08. The highest BCUT2D eigenvalue weighted by atomic mass is 19.4. The minimum atomic E-state index is -4.59. The van der Waals surface area contributed by atoms with E-state index in [9.17, 15) is 27.2 Å². The Hall–Kier alpha value is -3.04. The van der Waals surface area contributed by atoms with Crippen molar-refractivity contribution in [2.75, 3.05) is 18.4 Å². The van der Waals surface area contributed by atoms with Crippen molar-refractivity contribution in [2.45, 2.75) is 24.2 Å². The zero-order chi connectivity index (χ0) is 20.1.